The number of anilines is 2. The van der Waals surface area contributed by atoms with Crippen molar-refractivity contribution in [3.8, 4) is 0 Å². The maximum absolute atomic E-state index is 12.2. The van der Waals surface area contributed by atoms with Gasteiger partial charge in [-0.05, 0) is 77.5 Å². The highest BCUT2D eigenvalue weighted by molar-refractivity contribution is 14.1. The minimum atomic E-state index is -0.171. The van der Waals surface area contributed by atoms with E-state index in [2.05, 4.69) is 33.2 Å². The molecule has 0 aromatic heterocycles. The normalized spacial score (nSPS) is 10.2. The van der Waals surface area contributed by atoms with Gasteiger partial charge in [-0.15, -0.1) is 0 Å². The third kappa shape index (κ3) is 5.67. The molecule has 2 rings (SSSR count). The van der Waals surface area contributed by atoms with Gasteiger partial charge in [0.25, 0.3) is 5.91 Å². The molecule has 0 saturated heterocycles. The van der Waals surface area contributed by atoms with Crippen LogP contribution in [-0.4, -0.2) is 11.8 Å². The summed E-state index contributed by atoms with van der Waals surface area (Å²) in [7, 11) is 0. The first kappa shape index (κ1) is 17.5. The van der Waals surface area contributed by atoms with Crippen molar-refractivity contribution in [1.29, 1.82) is 0 Å². The molecule has 0 unspecified atom stereocenters. The Morgan fingerprint density at radius 3 is 2.09 bits per heavy atom. The Morgan fingerprint density at radius 2 is 1.48 bits per heavy atom. The summed E-state index contributed by atoms with van der Waals surface area (Å²) < 4.78 is 1.11. The lowest BCUT2D eigenvalue weighted by Gasteiger charge is -2.07. The van der Waals surface area contributed by atoms with Crippen LogP contribution >= 0.6 is 22.6 Å². The molecule has 2 aromatic carbocycles. The Labute approximate surface area is 149 Å². The summed E-state index contributed by atoms with van der Waals surface area (Å²) in [4.78, 5) is 23.8. The topological polar surface area (TPSA) is 58.2 Å². The Hall–Kier alpha value is -1.89. The molecule has 0 aliphatic rings. The molecule has 0 bridgehead atoms. The zero-order chi connectivity index (χ0) is 16.7. The van der Waals surface area contributed by atoms with Crippen LogP contribution in [0.1, 0.15) is 36.5 Å². The van der Waals surface area contributed by atoms with Crippen LogP contribution in [0.2, 0.25) is 0 Å². The van der Waals surface area contributed by atoms with Crippen LogP contribution in [0, 0.1) is 3.57 Å². The van der Waals surface area contributed by atoms with E-state index in [1.54, 1.807) is 24.3 Å². The first-order valence-corrected chi connectivity index (χ1v) is 8.63. The van der Waals surface area contributed by atoms with Crippen molar-refractivity contribution in [1.82, 2.24) is 0 Å². The summed E-state index contributed by atoms with van der Waals surface area (Å²) in [5.74, 6) is -0.169. The number of amides is 2. The van der Waals surface area contributed by atoms with Crippen LogP contribution in [0.15, 0.2) is 48.5 Å². The van der Waals surface area contributed by atoms with Gasteiger partial charge < -0.3 is 10.6 Å². The summed E-state index contributed by atoms with van der Waals surface area (Å²) in [6.07, 6.45) is 2.39. The van der Waals surface area contributed by atoms with Gasteiger partial charge in [-0.1, -0.05) is 13.3 Å². The third-order valence-corrected chi connectivity index (χ3v) is 4.01. The molecular weight excluding hydrogens is 403 g/mol. The van der Waals surface area contributed by atoms with Gasteiger partial charge in [0, 0.05) is 26.9 Å². The zero-order valence-electron chi connectivity index (χ0n) is 12.9. The van der Waals surface area contributed by atoms with Crippen LogP contribution in [0.4, 0.5) is 11.4 Å². The molecule has 2 N–H and O–H groups in total. The molecule has 5 heteroatoms. The highest BCUT2D eigenvalue weighted by Gasteiger charge is 2.07. The van der Waals surface area contributed by atoms with E-state index < -0.39 is 0 Å². The quantitative estimate of drug-likeness (QED) is 0.665. The second-order valence-corrected chi connectivity index (χ2v) is 6.44. The SMILES string of the molecule is CCCCC(=O)Nc1ccc(C(=O)Nc2ccc(I)cc2)cc1. The Morgan fingerprint density at radius 1 is 0.913 bits per heavy atom. The summed E-state index contributed by atoms with van der Waals surface area (Å²) in [5, 5.41) is 5.67. The van der Waals surface area contributed by atoms with E-state index in [-0.39, 0.29) is 11.8 Å². The molecule has 0 radical (unpaired) electrons. The largest absolute Gasteiger partial charge is 0.326 e. The molecule has 23 heavy (non-hydrogen) atoms. The van der Waals surface area contributed by atoms with E-state index in [1.165, 1.54) is 0 Å². The van der Waals surface area contributed by atoms with Crippen LogP contribution < -0.4 is 10.6 Å². The van der Waals surface area contributed by atoms with Gasteiger partial charge in [-0.2, -0.15) is 0 Å². The van der Waals surface area contributed by atoms with E-state index >= 15 is 0 Å². The number of hydrogen-bond acceptors (Lipinski definition) is 2. The smallest absolute Gasteiger partial charge is 0.255 e. The Balaban J connectivity index is 1.94. The molecule has 120 valence electrons. The second-order valence-electron chi connectivity index (χ2n) is 5.19. The predicted molar refractivity (Wildman–Crippen MR) is 102 cm³/mol. The van der Waals surface area contributed by atoms with E-state index in [0.717, 1.165) is 22.1 Å². The van der Waals surface area contributed by atoms with Gasteiger partial charge in [0.15, 0.2) is 0 Å². The van der Waals surface area contributed by atoms with Crippen molar-refractivity contribution in [2.24, 2.45) is 0 Å². The summed E-state index contributed by atoms with van der Waals surface area (Å²) >= 11 is 2.22. The number of hydrogen-bond donors (Lipinski definition) is 2. The van der Waals surface area contributed by atoms with E-state index in [9.17, 15) is 9.59 Å². The third-order valence-electron chi connectivity index (χ3n) is 3.29. The molecule has 2 amide bonds. The first-order valence-electron chi connectivity index (χ1n) is 7.55. The molecule has 0 aliphatic carbocycles. The number of halogens is 1. The van der Waals surface area contributed by atoms with Crippen molar-refractivity contribution in [3.63, 3.8) is 0 Å². The minimum absolute atomic E-state index is 0.00272. The number of unbranched alkanes of at least 4 members (excludes halogenated alkanes) is 1. The second kappa shape index (κ2) is 8.67. The van der Waals surface area contributed by atoms with E-state index in [0.29, 0.717) is 17.7 Å². The van der Waals surface area contributed by atoms with Gasteiger partial charge in [-0.25, -0.2) is 0 Å². The maximum atomic E-state index is 12.2. The van der Waals surface area contributed by atoms with Gasteiger partial charge in [0.05, 0.1) is 0 Å². The molecule has 4 nitrogen and oxygen atoms in total. The lowest BCUT2D eigenvalue weighted by atomic mass is 10.1. The molecule has 0 atom stereocenters. The Kier molecular flexibility index (Phi) is 6.58. The highest BCUT2D eigenvalue weighted by atomic mass is 127. The van der Waals surface area contributed by atoms with Crippen LogP contribution in [0.5, 0.6) is 0 Å². The van der Waals surface area contributed by atoms with Crippen LogP contribution in [-0.2, 0) is 4.79 Å². The number of benzene rings is 2. The first-order chi connectivity index (χ1) is 11.1. The fraction of sp³-hybridized carbons (Fsp3) is 0.222. The molecule has 0 heterocycles. The summed E-state index contributed by atoms with van der Waals surface area (Å²) in [5.41, 5.74) is 2.01. The van der Waals surface area contributed by atoms with Crippen molar-refractivity contribution >= 4 is 45.8 Å². The standard InChI is InChI=1S/C18H19IN2O2/c1-2-3-4-17(22)20-15-9-5-13(6-10-15)18(23)21-16-11-7-14(19)8-12-16/h5-12H,2-4H2,1H3,(H,20,22)(H,21,23). The average molecular weight is 422 g/mol. The van der Waals surface area contributed by atoms with Gasteiger partial charge in [-0.3, -0.25) is 9.59 Å². The number of carbonyl (C=O) groups is 2. The number of nitrogens with one attached hydrogen (secondary N) is 2. The number of carbonyl (C=O) groups excluding carboxylic acids is 2. The Bertz CT molecular complexity index is 666. The van der Waals surface area contributed by atoms with Gasteiger partial charge in [0.2, 0.25) is 5.91 Å². The van der Waals surface area contributed by atoms with Crippen molar-refractivity contribution in [3.05, 3.63) is 57.7 Å². The molecule has 0 spiro atoms. The zero-order valence-corrected chi connectivity index (χ0v) is 15.1. The number of rotatable bonds is 6. The van der Waals surface area contributed by atoms with Crippen LogP contribution in [0.25, 0.3) is 0 Å². The molecule has 2 aromatic rings. The van der Waals surface area contributed by atoms with E-state index in [4.69, 9.17) is 0 Å². The molecule has 0 fully saturated rings. The van der Waals surface area contributed by atoms with E-state index in [1.807, 2.05) is 31.2 Å². The fourth-order valence-corrected chi connectivity index (χ4v) is 2.36. The van der Waals surface area contributed by atoms with Gasteiger partial charge >= 0.3 is 0 Å². The average Bonchev–Trinajstić information content (AvgIpc) is 2.55. The fourth-order valence-electron chi connectivity index (χ4n) is 2.00. The van der Waals surface area contributed by atoms with Gasteiger partial charge in [0.1, 0.15) is 0 Å². The molecule has 0 saturated carbocycles. The summed E-state index contributed by atoms with van der Waals surface area (Å²) in [6, 6.07) is 14.5. The van der Waals surface area contributed by atoms with Crippen LogP contribution in [0.3, 0.4) is 0 Å². The highest BCUT2D eigenvalue weighted by Crippen LogP contribution is 2.14. The minimum Gasteiger partial charge on any atom is -0.326 e. The van der Waals surface area contributed by atoms with Crippen molar-refractivity contribution in [2.75, 3.05) is 10.6 Å². The summed E-state index contributed by atoms with van der Waals surface area (Å²) in [6.45, 7) is 2.05. The predicted octanol–water partition coefficient (Wildman–Crippen LogP) is 4.67. The monoisotopic (exact) mass is 422 g/mol. The lowest BCUT2D eigenvalue weighted by Crippen LogP contribution is -2.13. The lowest BCUT2D eigenvalue weighted by molar-refractivity contribution is -0.116. The van der Waals surface area contributed by atoms with Crippen molar-refractivity contribution < 1.29 is 9.59 Å². The van der Waals surface area contributed by atoms with Crippen molar-refractivity contribution in [2.45, 2.75) is 26.2 Å². The molecular formula is C18H19IN2O2. The molecule has 0 aliphatic heterocycles. The maximum Gasteiger partial charge on any atom is 0.255 e.